The summed E-state index contributed by atoms with van der Waals surface area (Å²) in [6.45, 7) is 2.06. The summed E-state index contributed by atoms with van der Waals surface area (Å²) in [6, 6.07) is 4.97. The standard InChI is InChI=1S/C13H19NO3/c15-9-11-2-1-6-14(11)7-5-10-3-4-12(16)8-13(10)17/h3-4,8,11,15-17H,1-2,5-7,9H2/t11-/m0/s1. The molecule has 0 amide bonds. The van der Waals surface area contributed by atoms with Crippen molar-refractivity contribution >= 4 is 0 Å². The summed E-state index contributed by atoms with van der Waals surface area (Å²) in [7, 11) is 0. The smallest absolute Gasteiger partial charge is 0.122 e. The Morgan fingerprint density at radius 3 is 2.82 bits per heavy atom. The van der Waals surface area contributed by atoms with Gasteiger partial charge in [-0.3, -0.25) is 4.90 Å². The lowest BCUT2D eigenvalue weighted by Crippen LogP contribution is -2.33. The highest BCUT2D eigenvalue weighted by atomic mass is 16.3. The van der Waals surface area contributed by atoms with E-state index in [2.05, 4.69) is 4.90 Å². The molecule has 0 spiro atoms. The highest BCUT2D eigenvalue weighted by molar-refractivity contribution is 5.39. The zero-order valence-corrected chi connectivity index (χ0v) is 9.84. The Morgan fingerprint density at radius 2 is 2.12 bits per heavy atom. The molecule has 0 radical (unpaired) electrons. The van der Waals surface area contributed by atoms with Crippen LogP contribution >= 0.6 is 0 Å². The zero-order valence-electron chi connectivity index (χ0n) is 9.84. The summed E-state index contributed by atoms with van der Waals surface area (Å²) in [6.07, 6.45) is 2.92. The van der Waals surface area contributed by atoms with Crippen molar-refractivity contribution in [3.05, 3.63) is 23.8 Å². The van der Waals surface area contributed by atoms with Crippen molar-refractivity contribution in [3.8, 4) is 11.5 Å². The second-order valence-electron chi connectivity index (χ2n) is 4.58. The van der Waals surface area contributed by atoms with Crippen LogP contribution in [0.4, 0.5) is 0 Å². The lowest BCUT2D eigenvalue weighted by atomic mass is 10.1. The van der Waals surface area contributed by atoms with Gasteiger partial charge in [0.05, 0.1) is 6.61 Å². The first-order valence-electron chi connectivity index (χ1n) is 6.06. The van der Waals surface area contributed by atoms with E-state index in [4.69, 9.17) is 0 Å². The fourth-order valence-corrected chi connectivity index (χ4v) is 2.42. The van der Waals surface area contributed by atoms with Gasteiger partial charge in [-0.2, -0.15) is 0 Å². The molecule has 3 N–H and O–H groups in total. The van der Waals surface area contributed by atoms with Crippen LogP contribution in [-0.4, -0.2) is 46.0 Å². The minimum Gasteiger partial charge on any atom is -0.508 e. The maximum atomic E-state index is 9.66. The zero-order chi connectivity index (χ0) is 12.3. The van der Waals surface area contributed by atoms with E-state index in [1.54, 1.807) is 12.1 Å². The van der Waals surface area contributed by atoms with E-state index in [0.717, 1.165) is 37.9 Å². The van der Waals surface area contributed by atoms with E-state index >= 15 is 0 Å². The summed E-state index contributed by atoms with van der Waals surface area (Å²) in [5, 5.41) is 28.1. The van der Waals surface area contributed by atoms with Crippen molar-refractivity contribution in [1.82, 2.24) is 4.90 Å². The van der Waals surface area contributed by atoms with Crippen LogP contribution in [0, 0.1) is 0 Å². The molecule has 0 aromatic heterocycles. The first-order chi connectivity index (χ1) is 8.20. The van der Waals surface area contributed by atoms with Crippen molar-refractivity contribution < 1.29 is 15.3 Å². The molecule has 1 aliphatic rings. The lowest BCUT2D eigenvalue weighted by molar-refractivity contribution is 0.160. The second-order valence-corrected chi connectivity index (χ2v) is 4.58. The third-order valence-corrected chi connectivity index (χ3v) is 3.45. The van der Waals surface area contributed by atoms with E-state index < -0.39 is 0 Å². The minimum absolute atomic E-state index is 0.0839. The Hall–Kier alpha value is -1.26. The van der Waals surface area contributed by atoms with Crippen LogP contribution in [0.15, 0.2) is 18.2 Å². The lowest BCUT2D eigenvalue weighted by Gasteiger charge is -2.22. The van der Waals surface area contributed by atoms with Crippen molar-refractivity contribution in [2.24, 2.45) is 0 Å². The van der Waals surface area contributed by atoms with Crippen molar-refractivity contribution in [3.63, 3.8) is 0 Å². The van der Waals surface area contributed by atoms with Gasteiger partial charge in [-0.1, -0.05) is 6.07 Å². The summed E-state index contributed by atoms with van der Waals surface area (Å²) >= 11 is 0. The van der Waals surface area contributed by atoms with Crippen LogP contribution in [-0.2, 0) is 6.42 Å². The van der Waals surface area contributed by atoms with E-state index in [9.17, 15) is 15.3 Å². The van der Waals surface area contributed by atoms with Gasteiger partial charge in [0.1, 0.15) is 11.5 Å². The molecule has 0 unspecified atom stereocenters. The third-order valence-electron chi connectivity index (χ3n) is 3.45. The van der Waals surface area contributed by atoms with Crippen molar-refractivity contribution in [2.45, 2.75) is 25.3 Å². The Bertz CT molecular complexity index is 381. The largest absolute Gasteiger partial charge is 0.508 e. The monoisotopic (exact) mass is 237 g/mol. The molecule has 1 fully saturated rings. The number of benzene rings is 1. The highest BCUT2D eigenvalue weighted by Crippen LogP contribution is 2.24. The number of phenolic OH excluding ortho intramolecular Hbond substituents is 2. The van der Waals surface area contributed by atoms with Gasteiger partial charge in [0, 0.05) is 18.7 Å². The molecule has 1 saturated heterocycles. The van der Waals surface area contributed by atoms with Crippen LogP contribution in [0.3, 0.4) is 0 Å². The number of hydrogen-bond acceptors (Lipinski definition) is 4. The van der Waals surface area contributed by atoms with Gasteiger partial charge in [-0.25, -0.2) is 0 Å². The van der Waals surface area contributed by atoms with Crippen LogP contribution in [0.1, 0.15) is 18.4 Å². The Balaban J connectivity index is 1.93. The molecule has 17 heavy (non-hydrogen) atoms. The predicted molar refractivity (Wildman–Crippen MR) is 65.2 cm³/mol. The maximum Gasteiger partial charge on any atom is 0.122 e. The summed E-state index contributed by atoms with van der Waals surface area (Å²) in [5.41, 5.74) is 0.839. The molecule has 94 valence electrons. The Labute approximate surface area is 101 Å². The van der Waals surface area contributed by atoms with Gasteiger partial charge in [0.25, 0.3) is 0 Å². The van der Waals surface area contributed by atoms with Gasteiger partial charge < -0.3 is 15.3 Å². The van der Waals surface area contributed by atoms with Gasteiger partial charge in [0.15, 0.2) is 0 Å². The van der Waals surface area contributed by atoms with E-state index in [1.165, 1.54) is 6.07 Å². The fourth-order valence-electron chi connectivity index (χ4n) is 2.42. The van der Waals surface area contributed by atoms with Crippen molar-refractivity contribution in [1.29, 1.82) is 0 Å². The summed E-state index contributed by atoms with van der Waals surface area (Å²) in [4.78, 5) is 2.26. The molecule has 0 saturated carbocycles. The van der Waals surface area contributed by atoms with Gasteiger partial charge in [-0.15, -0.1) is 0 Å². The van der Waals surface area contributed by atoms with Crippen LogP contribution < -0.4 is 0 Å². The van der Waals surface area contributed by atoms with Crippen molar-refractivity contribution in [2.75, 3.05) is 19.7 Å². The molecule has 0 aliphatic carbocycles. The van der Waals surface area contributed by atoms with Crippen LogP contribution in [0.25, 0.3) is 0 Å². The number of likely N-dealkylation sites (tertiary alicyclic amines) is 1. The molecule has 0 bridgehead atoms. The quantitative estimate of drug-likeness (QED) is 0.733. The number of rotatable bonds is 4. The average molecular weight is 237 g/mol. The van der Waals surface area contributed by atoms with Gasteiger partial charge in [-0.05, 0) is 37.4 Å². The number of aliphatic hydroxyl groups excluding tert-OH is 1. The Kier molecular flexibility index (Phi) is 3.86. The molecule has 1 heterocycles. The van der Waals surface area contributed by atoms with Crippen LogP contribution in [0.2, 0.25) is 0 Å². The van der Waals surface area contributed by atoms with Gasteiger partial charge in [0.2, 0.25) is 0 Å². The number of aromatic hydroxyl groups is 2. The summed E-state index contributed by atoms with van der Waals surface area (Å²) < 4.78 is 0. The fraction of sp³-hybridized carbons (Fsp3) is 0.538. The number of phenols is 2. The summed E-state index contributed by atoms with van der Waals surface area (Å²) in [5.74, 6) is 0.227. The SMILES string of the molecule is OC[C@@H]1CCCN1CCc1ccc(O)cc1O. The average Bonchev–Trinajstić information content (AvgIpc) is 2.75. The maximum absolute atomic E-state index is 9.66. The minimum atomic E-state index is 0.0839. The molecular weight excluding hydrogens is 218 g/mol. The number of aliphatic hydroxyl groups is 1. The molecule has 4 heteroatoms. The molecule has 1 aliphatic heterocycles. The highest BCUT2D eigenvalue weighted by Gasteiger charge is 2.23. The molecule has 1 aromatic carbocycles. The molecule has 2 rings (SSSR count). The molecular formula is C13H19NO3. The topological polar surface area (TPSA) is 63.9 Å². The normalized spacial score (nSPS) is 20.9. The second kappa shape index (κ2) is 5.38. The number of nitrogens with zero attached hydrogens (tertiary/aromatic N) is 1. The third kappa shape index (κ3) is 2.90. The molecule has 1 aromatic rings. The molecule has 4 nitrogen and oxygen atoms in total. The van der Waals surface area contributed by atoms with E-state index in [1.807, 2.05) is 0 Å². The first kappa shape index (κ1) is 12.2. The first-order valence-corrected chi connectivity index (χ1v) is 6.06. The van der Waals surface area contributed by atoms with Crippen LogP contribution in [0.5, 0.6) is 11.5 Å². The van der Waals surface area contributed by atoms with Gasteiger partial charge >= 0.3 is 0 Å². The van der Waals surface area contributed by atoms with E-state index in [0.29, 0.717) is 0 Å². The number of hydrogen-bond donors (Lipinski definition) is 3. The van der Waals surface area contributed by atoms with E-state index in [-0.39, 0.29) is 24.1 Å². The predicted octanol–water partition coefficient (Wildman–Crippen LogP) is 1.10. The Morgan fingerprint density at radius 1 is 1.29 bits per heavy atom. The molecule has 1 atom stereocenters.